The Kier molecular flexibility index (Phi) is 4.47. The van der Waals surface area contributed by atoms with E-state index in [-0.39, 0.29) is 11.6 Å². The van der Waals surface area contributed by atoms with Gasteiger partial charge in [0, 0.05) is 12.6 Å². The Hall–Kier alpha value is -1.94. The van der Waals surface area contributed by atoms with E-state index in [4.69, 9.17) is 0 Å². The Bertz CT molecular complexity index is 537. The molecule has 100 valence electrons. The first-order valence-corrected chi connectivity index (χ1v) is 6.08. The number of rotatable bonds is 5. The molecule has 0 aliphatic carbocycles. The van der Waals surface area contributed by atoms with Crippen molar-refractivity contribution in [1.29, 1.82) is 0 Å². The van der Waals surface area contributed by atoms with Crippen LogP contribution in [0.3, 0.4) is 0 Å². The van der Waals surface area contributed by atoms with Crippen molar-refractivity contribution < 1.29 is 13.9 Å². The van der Waals surface area contributed by atoms with E-state index in [2.05, 4.69) is 5.32 Å². The largest absolute Gasteiger partial charge is 0.508 e. The fourth-order valence-electron chi connectivity index (χ4n) is 1.89. The normalized spacial score (nSPS) is 10.6. The van der Waals surface area contributed by atoms with Crippen molar-refractivity contribution in [2.75, 3.05) is 6.54 Å². The molecule has 2 nitrogen and oxygen atoms in total. The summed E-state index contributed by atoms with van der Waals surface area (Å²) >= 11 is 0. The first-order valence-electron chi connectivity index (χ1n) is 6.08. The van der Waals surface area contributed by atoms with Crippen LogP contribution in [0.15, 0.2) is 42.5 Å². The van der Waals surface area contributed by atoms with E-state index in [0.29, 0.717) is 30.6 Å². The fourth-order valence-corrected chi connectivity index (χ4v) is 1.89. The Balaban J connectivity index is 1.82. The van der Waals surface area contributed by atoms with Crippen molar-refractivity contribution in [1.82, 2.24) is 5.32 Å². The molecule has 0 fully saturated rings. The molecule has 0 aliphatic rings. The molecule has 0 bridgehead atoms. The minimum atomic E-state index is -0.467. The molecule has 2 aromatic carbocycles. The summed E-state index contributed by atoms with van der Waals surface area (Å²) < 4.78 is 26.4. The number of phenols is 1. The zero-order valence-corrected chi connectivity index (χ0v) is 10.4. The number of phenolic OH excluding ortho intramolecular Hbond substituents is 1. The van der Waals surface area contributed by atoms with Crippen LogP contribution in [0.5, 0.6) is 5.75 Å². The maximum atomic E-state index is 13.3. The molecule has 0 aliphatic heterocycles. The van der Waals surface area contributed by atoms with Gasteiger partial charge < -0.3 is 10.4 Å². The molecule has 0 saturated heterocycles. The summed E-state index contributed by atoms with van der Waals surface area (Å²) in [7, 11) is 0. The highest BCUT2D eigenvalue weighted by Crippen LogP contribution is 2.14. The van der Waals surface area contributed by atoms with Gasteiger partial charge in [-0.05, 0) is 42.3 Å². The van der Waals surface area contributed by atoms with Crippen LogP contribution < -0.4 is 5.32 Å². The van der Waals surface area contributed by atoms with Crippen LogP contribution in [0.25, 0.3) is 0 Å². The van der Waals surface area contributed by atoms with E-state index in [9.17, 15) is 13.9 Å². The molecule has 2 rings (SSSR count). The van der Waals surface area contributed by atoms with Crippen molar-refractivity contribution in [2.45, 2.75) is 13.0 Å². The maximum absolute atomic E-state index is 13.3. The van der Waals surface area contributed by atoms with E-state index < -0.39 is 5.82 Å². The highest BCUT2D eigenvalue weighted by molar-refractivity contribution is 5.28. The third kappa shape index (κ3) is 4.03. The zero-order valence-electron chi connectivity index (χ0n) is 10.4. The summed E-state index contributed by atoms with van der Waals surface area (Å²) in [6.07, 6.45) is 0.563. The first-order chi connectivity index (χ1) is 9.15. The minimum absolute atomic E-state index is 0.0918. The Morgan fingerprint density at radius 1 is 1.05 bits per heavy atom. The third-order valence-corrected chi connectivity index (χ3v) is 2.80. The molecule has 0 spiro atoms. The van der Waals surface area contributed by atoms with Crippen molar-refractivity contribution in [3.05, 3.63) is 65.2 Å². The molecule has 4 heteroatoms. The highest BCUT2D eigenvalue weighted by atomic mass is 19.1. The van der Waals surface area contributed by atoms with Crippen LogP contribution in [0.2, 0.25) is 0 Å². The lowest BCUT2D eigenvalue weighted by Crippen LogP contribution is -2.17. The lowest BCUT2D eigenvalue weighted by molar-refractivity contribution is 0.467. The Labute approximate surface area is 110 Å². The van der Waals surface area contributed by atoms with Gasteiger partial charge in [-0.15, -0.1) is 0 Å². The standard InChI is InChI=1S/C15H15F2NO/c16-13-7-11(8-14(19)9-13)10-18-6-5-12-3-1-2-4-15(12)17/h1-4,7-9,18-19H,5-6,10H2. The van der Waals surface area contributed by atoms with Crippen LogP contribution in [0.4, 0.5) is 8.78 Å². The van der Waals surface area contributed by atoms with Gasteiger partial charge in [0.2, 0.25) is 0 Å². The van der Waals surface area contributed by atoms with Crippen molar-refractivity contribution >= 4 is 0 Å². The van der Waals surface area contributed by atoms with Crippen molar-refractivity contribution in [2.24, 2.45) is 0 Å². The molecule has 0 aromatic heterocycles. The van der Waals surface area contributed by atoms with Gasteiger partial charge in [-0.3, -0.25) is 0 Å². The summed E-state index contributed by atoms with van der Waals surface area (Å²) in [5.74, 6) is -0.774. The maximum Gasteiger partial charge on any atom is 0.127 e. The van der Waals surface area contributed by atoms with Crippen molar-refractivity contribution in [3.63, 3.8) is 0 Å². The predicted molar refractivity (Wildman–Crippen MR) is 69.9 cm³/mol. The molecule has 0 amide bonds. The second-order valence-electron chi connectivity index (χ2n) is 4.34. The van der Waals surface area contributed by atoms with E-state index in [0.717, 1.165) is 6.07 Å². The molecule has 0 unspecified atom stereocenters. The lowest BCUT2D eigenvalue weighted by atomic mass is 10.1. The summed E-state index contributed by atoms with van der Waals surface area (Å²) in [5.41, 5.74) is 1.31. The number of aromatic hydroxyl groups is 1. The monoisotopic (exact) mass is 263 g/mol. The average Bonchev–Trinajstić information content (AvgIpc) is 2.35. The Morgan fingerprint density at radius 2 is 1.84 bits per heavy atom. The second kappa shape index (κ2) is 6.29. The first kappa shape index (κ1) is 13.5. The molecule has 0 heterocycles. The number of benzene rings is 2. The number of nitrogens with one attached hydrogen (secondary N) is 1. The van der Waals surface area contributed by atoms with E-state index in [1.54, 1.807) is 18.2 Å². The minimum Gasteiger partial charge on any atom is -0.508 e. The number of hydrogen-bond acceptors (Lipinski definition) is 2. The van der Waals surface area contributed by atoms with Gasteiger partial charge in [0.15, 0.2) is 0 Å². The predicted octanol–water partition coefficient (Wildman–Crippen LogP) is 3.00. The van der Waals surface area contributed by atoms with Gasteiger partial charge in [0.1, 0.15) is 17.4 Å². The molecular weight excluding hydrogens is 248 g/mol. The van der Waals surface area contributed by atoms with Crippen LogP contribution in [0.1, 0.15) is 11.1 Å². The van der Waals surface area contributed by atoms with Crippen molar-refractivity contribution in [3.8, 4) is 5.75 Å². The lowest BCUT2D eigenvalue weighted by Gasteiger charge is -2.06. The molecule has 19 heavy (non-hydrogen) atoms. The number of halogens is 2. The van der Waals surface area contributed by atoms with Gasteiger partial charge in [-0.25, -0.2) is 8.78 Å². The molecule has 0 atom stereocenters. The van der Waals surface area contributed by atoms with Gasteiger partial charge in [0.05, 0.1) is 0 Å². The van der Waals surface area contributed by atoms with Crippen LogP contribution >= 0.6 is 0 Å². The van der Waals surface area contributed by atoms with Gasteiger partial charge in [0.25, 0.3) is 0 Å². The Morgan fingerprint density at radius 3 is 2.58 bits per heavy atom. The average molecular weight is 263 g/mol. The topological polar surface area (TPSA) is 32.3 Å². The summed E-state index contributed by atoms with van der Waals surface area (Å²) in [4.78, 5) is 0. The van der Waals surface area contributed by atoms with Crippen LogP contribution in [-0.4, -0.2) is 11.7 Å². The SMILES string of the molecule is Oc1cc(F)cc(CNCCc2ccccc2F)c1. The smallest absolute Gasteiger partial charge is 0.127 e. The van der Waals surface area contributed by atoms with E-state index in [1.165, 1.54) is 18.2 Å². The fraction of sp³-hybridized carbons (Fsp3) is 0.200. The van der Waals surface area contributed by atoms with E-state index >= 15 is 0 Å². The zero-order chi connectivity index (χ0) is 13.7. The quantitative estimate of drug-likeness (QED) is 0.813. The summed E-state index contributed by atoms with van der Waals surface area (Å²) in [5, 5.41) is 12.3. The van der Waals surface area contributed by atoms with E-state index in [1.807, 2.05) is 0 Å². The molecule has 2 aromatic rings. The molecule has 2 N–H and O–H groups in total. The summed E-state index contributed by atoms with van der Waals surface area (Å²) in [6.45, 7) is 1.01. The van der Waals surface area contributed by atoms with Crippen LogP contribution in [0, 0.1) is 11.6 Å². The van der Waals surface area contributed by atoms with Gasteiger partial charge in [-0.1, -0.05) is 18.2 Å². The van der Waals surface area contributed by atoms with Gasteiger partial charge in [-0.2, -0.15) is 0 Å². The molecule has 0 saturated carbocycles. The molecular formula is C15H15F2NO. The number of hydrogen-bond donors (Lipinski definition) is 2. The van der Waals surface area contributed by atoms with Gasteiger partial charge >= 0.3 is 0 Å². The highest BCUT2D eigenvalue weighted by Gasteiger charge is 2.01. The molecule has 0 radical (unpaired) electrons. The summed E-state index contributed by atoms with van der Waals surface area (Å²) in [6, 6.07) is 10.5. The third-order valence-electron chi connectivity index (χ3n) is 2.80. The van der Waals surface area contributed by atoms with Crippen LogP contribution in [-0.2, 0) is 13.0 Å². The second-order valence-corrected chi connectivity index (χ2v) is 4.34.